The maximum absolute atomic E-state index is 11.6. The first-order chi connectivity index (χ1) is 7.25. The first-order valence-corrected chi connectivity index (χ1v) is 5.66. The molecule has 0 saturated heterocycles. The lowest BCUT2D eigenvalue weighted by Gasteiger charge is -2.00. The van der Waals surface area contributed by atoms with Crippen LogP contribution in [0.4, 0.5) is 5.00 Å². The molecule has 1 N–H and O–H groups in total. The standard InChI is InChI=1S/C9H6BrN3OS/c10-7-3-1-6(2-4-7)9(14)12-8-5-11-13-15-8/h1-5H,(H,12,14). The molecule has 76 valence electrons. The maximum atomic E-state index is 11.6. The summed E-state index contributed by atoms with van der Waals surface area (Å²) in [5.74, 6) is -0.159. The van der Waals surface area contributed by atoms with Crippen molar-refractivity contribution in [1.82, 2.24) is 9.59 Å². The van der Waals surface area contributed by atoms with Gasteiger partial charge >= 0.3 is 0 Å². The molecule has 0 aliphatic rings. The lowest BCUT2D eigenvalue weighted by atomic mass is 10.2. The van der Waals surface area contributed by atoms with E-state index in [1.54, 1.807) is 12.1 Å². The zero-order valence-electron chi connectivity index (χ0n) is 7.48. The summed E-state index contributed by atoms with van der Waals surface area (Å²) in [5.41, 5.74) is 0.603. The van der Waals surface area contributed by atoms with Crippen LogP contribution in [0.25, 0.3) is 0 Å². The molecule has 1 heterocycles. The van der Waals surface area contributed by atoms with Crippen LogP contribution in [0.3, 0.4) is 0 Å². The molecule has 0 bridgehead atoms. The Bertz CT molecular complexity index is 455. The Hall–Kier alpha value is -1.27. The van der Waals surface area contributed by atoms with Gasteiger partial charge in [0.25, 0.3) is 5.91 Å². The van der Waals surface area contributed by atoms with E-state index >= 15 is 0 Å². The van der Waals surface area contributed by atoms with Crippen molar-refractivity contribution in [1.29, 1.82) is 0 Å². The van der Waals surface area contributed by atoms with Gasteiger partial charge in [0, 0.05) is 21.6 Å². The van der Waals surface area contributed by atoms with E-state index < -0.39 is 0 Å². The van der Waals surface area contributed by atoms with Gasteiger partial charge in [-0.3, -0.25) is 4.79 Å². The number of carbonyl (C=O) groups excluding carboxylic acids is 1. The Morgan fingerprint density at radius 2 is 2.07 bits per heavy atom. The second-order valence-corrected chi connectivity index (χ2v) is 4.44. The van der Waals surface area contributed by atoms with Gasteiger partial charge in [-0.05, 0) is 24.3 Å². The Kier molecular flexibility index (Phi) is 3.08. The molecule has 1 aromatic carbocycles. The van der Waals surface area contributed by atoms with Crippen molar-refractivity contribution in [3.8, 4) is 0 Å². The lowest BCUT2D eigenvalue weighted by molar-refractivity contribution is 0.102. The number of nitrogens with one attached hydrogen (secondary N) is 1. The summed E-state index contributed by atoms with van der Waals surface area (Å²) in [5, 5.41) is 6.97. The lowest BCUT2D eigenvalue weighted by Crippen LogP contribution is -2.10. The molecule has 4 nitrogen and oxygen atoms in total. The fourth-order valence-corrected chi connectivity index (χ4v) is 1.69. The third-order valence-corrected chi connectivity index (χ3v) is 2.81. The van der Waals surface area contributed by atoms with Crippen LogP contribution in [-0.2, 0) is 0 Å². The van der Waals surface area contributed by atoms with Gasteiger partial charge in [-0.25, -0.2) is 0 Å². The van der Waals surface area contributed by atoms with Crippen molar-refractivity contribution in [2.75, 3.05) is 5.32 Å². The first-order valence-electron chi connectivity index (χ1n) is 4.10. The summed E-state index contributed by atoms with van der Waals surface area (Å²) in [6.45, 7) is 0. The van der Waals surface area contributed by atoms with Gasteiger partial charge in [-0.2, -0.15) is 0 Å². The molecule has 0 aliphatic carbocycles. The summed E-state index contributed by atoms with van der Waals surface area (Å²) >= 11 is 4.45. The van der Waals surface area contributed by atoms with Crippen LogP contribution in [0.5, 0.6) is 0 Å². The minimum atomic E-state index is -0.159. The predicted molar refractivity (Wildman–Crippen MR) is 62.0 cm³/mol. The topological polar surface area (TPSA) is 54.9 Å². The molecule has 0 spiro atoms. The van der Waals surface area contributed by atoms with E-state index in [1.807, 2.05) is 12.1 Å². The Balaban J connectivity index is 2.11. The summed E-state index contributed by atoms with van der Waals surface area (Å²) < 4.78 is 4.60. The van der Waals surface area contributed by atoms with Crippen molar-refractivity contribution >= 4 is 38.4 Å². The molecular formula is C9H6BrN3OS. The molecule has 6 heteroatoms. The van der Waals surface area contributed by atoms with Crippen molar-refractivity contribution in [3.05, 3.63) is 40.5 Å². The fraction of sp³-hybridized carbons (Fsp3) is 0. The van der Waals surface area contributed by atoms with E-state index in [9.17, 15) is 4.79 Å². The Morgan fingerprint density at radius 3 is 2.67 bits per heavy atom. The van der Waals surface area contributed by atoms with Crippen molar-refractivity contribution < 1.29 is 4.79 Å². The van der Waals surface area contributed by atoms with Crippen molar-refractivity contribution in [2.24, 2.45) is 0 Å². The van der Waals surface area contributed by atoms with Gasteiger partial charge in [-0.1, -0.05) is 20.4 Å². The van der Waals surface area contributed by atoms with E-state index in [1.165, 1.54) is 6.20 Å². The number of carbonyl (C=O) groups is 1. The van der Waals surface area contributed by atoms with E-state index in [2.05, 4.69) is 30.8 Å². The van der Waals surface area contributed by atoms with E-state index in [-0.39, 0.29) is 5.91 Å². The van der Waals surface area contributed by atoms with Gasteiger partial charge in [0.2, 0.25) is 0 Å². The van der Waals surface area contributed by atoms with Crippen LogP contribution >= 0.6 is 27.5 Å². The molecule has 0 saturated carbocycles. The van der Waals surface area contributed by atoms with Crippen molar-refractivity contribution in [2.45, 2.75) is 0 Å². The highest BCUT2D eigenvalue weighted by Crippen LogP contribution is 2.14. The van der Waals surface area contributed by atoms with Crippen LogP contribution in [0.1, 0.15) is 10.4 Å². The molecular weight excluding hydrogens is 278 g/mol. The summed E-state index contributed by atoms with van der Waals surface area (Å²) in [6.07, 6.45) is 1.52. The number of hydrogen-bond donors (Lipinski definition) is 1. The minimum absolute atomic E-state index is 0.159. The molecule has 1 amide bonds. The number of nitrogens with zero attached hydrogens (tertiary/aromatic N) is 2. The quantitative estimate of drug-likeness (QED) is 0.922. The van der Waals surface area contributed by atoms with Gasteiger partial charge in [-0.15, -0.1) is 5.10 Å². The van der Waals surface area contributed by atoms with E-state index in [4.69, 9.17) is 0 Å². The number of benzene rings is 1. The minimum Gasteiger partial charge on any atom is -0.311 e. The van der Waals surface area contributed by atoms with Gasteiger partial charge < -0.3 is 5.32 Å². The maximum Gasteiger partial charge on any atom is 0.256 e. The Labute approximate surface area is 98.6 Å². The monoisotopic (exact) mass is 283 g/mol. The smallest absolute Gasteiger partial charge is 0.256 e. The fourth-order valence-electron chi connectivity index (χ4n) is 1.01. The average Bonchev–Trinajstić information content (AvgIpc) is 2.71. The van der Waals surface area contributed by atoms with E-state index in [0.717, 1.165) is 16.0 Å². The summed E-state index contributed by atoms with van der Waals surface area (Å²) in [4.78, 5) is 11.6. The number of aromatic nitrogens is 2. The highest BCUT2D eigenvalue weighted by atomic mass is 79.9. The van der Waals surface area contributed by atoms with Crippen LogP contribution < -0.4 is 5.32 Å². The van der Waals surface area contributed by atoms with Crippen LogP contribution in [0.2, 0.25) is 0 Å². The highest BCUT2D eigenvalue weighted by Gasteiger charge is 2.06. The molecule has 0 fully saturated rings. The third kappa shape index (κ3) is 2.60. The molecule has 2 aromatic rings. The van der Waals surface area contributed by atoms with Gasteiger partial charge in [0.1, 0.15) is 5.00 Å². The average molecular weight is 284 g/mol. The second kappa shape index (κ2) is 4.50. The molecule has 0 radical (unpaired) electrons. The zero-order valence-corrected chi connectivity index (χ0v) is 9.88. The number of anilines is 1. The molecule has 0 atom stereocenters. The highest BCUT2D eigenvalue weighted by molar-refractivity contribution is 9.10. The van der Waals surface area contributed by atoms with E-state index in [0.29, 0.717) is 10.6 Å². The van der Waals surface area contributed by atoms with Crippen LogP contribution in [-0.4, -0.2) is 15.5 Å². The van der Waals surface area contributed by atoms with Crippen LogP contribution in [0.15, 0.2) is 34.9 Å². The molecule has 0 aliphatic heterocycles. The normalized spacial score (nSPS) is 9.93. The Morgan fingerprint density at radius 1 is 1.33 bits per heavy atom. The molecule has 15 heavy (non-hydrogen) atoms. The number of halogens is 1. The van der Waals surface area contributed by atoms with Gasteiger partial charge in [0.05, 0.1) is 6.20 Å². The molecule has 0 unspecified atom stereocenters. The third-order valence-electron chi connectivity index (χ3n) is 1.70. The van der Waals surface area contributed by atoms with Crippen molar-refractivity contribution in [3.63, 3.8) is 0 Å². The second-order valence-electron chi connectivity index (χ2n) is 2.74. The first kappa shape index (κ1) is 10.3. The van der Waals surface area contributed by atoms with Crippen LogP contribution in [0, 0.1) is 0 Å². The van der Waals surface area contributed by atoms with Gasteiger partial charge in [0.15, 0.2) is 0 Å². The molecule has 1 aromatic heterocycles. The summed E-state index contributed by atoms with van der Waals surface area (Å²) in [6, 6.07) is 7.13. The predicted octanol–water partition coefficient (Wildman–Crippen LogP) is 2.55. The SMILES string of the molecule is O=C(Nc1cnns1)c1ccc(Br)cc1. The zero-order chi connectivity index (χ0) is 10.7. The number of amides is 1. The largest absolute Gasteiger partial charge is 0.311 e. The summed E-state index contributed by atoms with van der Waals surface area (Å²) in [7, 11) is 0. The number of rotatable bonds is 2. The molecule has 2 rings (SSSR count). The number of hydrogen-bond acceptors (Lipinski definition) is 4.